The van der Waals surface area contributed by atoms with Crippen LogP contribution in [0, 0.1) is 11.2 Å². The highest BCUT2D eigenvalue weighted by Gasteiger charge is 2.28. The van der Waals surface area contributed by atoms with Gasteiger partial charge in [0.1, 0.15) is 0 Å². The minimum atomic E-state index is -1.12. The van der Waals surface area contributed by atoms with Gasteiger partial charge in [0.05, 0.1) is 16.0 Å². The van der Waals surface area contributed by atoms with Gasteiger partial charge in [0.25, 0.3) is 5.91 Å². The first kappa shape index (κ1) is 14.4. The lowest BCUT2D eigenvalue weighted by atomic mass is 9.94. The molecule has 98 valence electrons. The smallest absolute Gasteiger partial charge is 0.310 e. The molecule has 0 atom stereocenters. The second-order valence-electron chi connectivity index (χ2n) is 4.47. The van der Waals surface area contributed by atoms with Crippen molar-refractivity contribution in [3.63, 3.8) is 0 Å². The monoisotopic (exact) mass is 273 g/mol. The summed E-state index contributed by atoms with van der Waals surface area (Å²) in [5.41, 5.74) is -1.33. The quantitative estimate of drug-likeness (QED) is 0.885. The Bertz CT molecular complexity index is 488. The number of carbonyl (C=O) groups is 2. The van der Waals surface area contributed by atoms with E-state index in [-0.39, 0.29) is 17.1 Å². The third-order valence-corrected chi connectivity index (χ3v) is 2.76. The summed E-state index contributed by atoms with van der Waals surface area (Å²) >= 11 is 5.55. The molecule has 0 aromatic heterocycles. The van der Waals surface area contributed by atoms with Crippen molar-refractivity contribution in [2.24, 2.45) is 5.41 Å². The van der Waals surface area contributed by atoms with Crippen molar-refractivity contribution in [1.82, 2.24) is 5.32 Å². The van der Waals surface area contributed by atoms with Crippen LogP contribution in [0.25, 0.3) is 0 Å². The Morgan fingerprint density at radius 1 is 1.44 bits per heavy atom. The Kier molecular flexibility index (Phi) is 4.29. The molecule has 1 rings (SSSR count). The van der Waals surface area contributed by atoms with Gasteiger partial charge < -0.3 is 10.4 Å². The molecular weight excluding hydrogens is 261 g/mol. The van der Waals surface area contributed by atoms with Crippen LogP contribution in [0.2, 0.25) is 5.02 Å². The maximum atomic E-state index is 13.5. The molecule has 0 bridgehead atoms. The fourth-order valence-corrected chi connectivity index (χ4v) is 1.33. The van der Waals surface area contributed by atoms with Crippen LogP contribution in [0.15, 0.2) is 18.2 Å². The van der Waals surface area contributed by atoms with Gasteiger partial charge in [0, 0.05) is 6.54 Å². The molecule has 6 heteroatoms. The van der Waals surface area contributed by atoms with Crippen molar-refractivity contribution < 1.29 is 19.1 Å². The maximum absolute atomic E-state index is 13.5. The van der Waals surface area contributed by atoms with E-state index in [0.717, 1.165) is 0 Å². The number of hydrogen-bond donors (Lipinski definition) is 2. The van der Waals surface area contributed by atoms with E-state index in [9.17, 15) is 14.0 Å². The summed E-state index contributed by atoms with van der Waals surface area (Å²) in [7, 11) is 0. The Balaban J connectivity index is 2.78. The van der Waals surface area contributed by atoms with Gasteiger partial charge >= 0.3 is 5.97 Å². The normalized spacial score (nSPS) is 11.1. The molecule has 0 aliphatic carbocycles. The molecule has 1 aromatic carbocycles. The highest BCUT2D eigenvalue weighted by Crippen LogP contribution is 2.18. The van der Waals surface area contributed by atoms with E-state index in [1.165, 1.54) is 32.0 Å². The third-order valence-electron chi connectivity index (χ3n) is 2.47. The lowest BCUT2D eigenvalue weighted by Crippen LogP contribution is -2.39. The zero-order valence-electron chi connectivity index (χ0n) is 9.96. The Hall–Kier alpha value is -1.62. The average molecular weight is 274 g/mol. The molecular formula is C12H13ClFNO3. The molecule has 0 fully saturated rings. The van der Waals surface area contributed by atoms with Crippen LogP contribution in [0.5, 0.6) is 0 Å². The molecule has 2 N–H and O–H groups in total. The fourth-order valence-electron chi connectivity index (χ4n) is 1.15. The maximum Gasteiger partial charge on any atom is 0.310 e. The van der Waals surface area contributed by atoms with Crippen molar-refractivity contribution in [2.45, 2.75) is 13.8 Å². The van der Waals surface area contributed by atoms with Crippen molar-refractivity contribution in [3.05, 3.63) is 34.6 Å². The first-order valence-electron chi connectivity index (χ1n) is 5.21. The van der Waals surface area contributed by atoms with Gasteiger partial charge in [-0.3, -0.25) is 9.59 Å². The molecule has 0 radical (unpaired) electrons. The predicted octanol–water partition coefficient (Wildman–Crippen LogP) is 2.32. The third kappa shape index (κ3) is 3.20. The summed E-state index contributed by atoms with van der Waals surface area (Å²) < 4.78 is 13.5. The highest BCUT2D eigenvalue weighted by molar-refractivity contribution is 6.31. The van der Waals surface area contributed by atoms with E-state index < -0.39 is 23.1 Å². The highest BCUT2D eigenvalue weighted by atomic mass is 35.5. The van der Waals surface area contributed by atoms with Crippen LogP contribution in [0.1, 0.15) is 24.2 Å². The standard InChI is InChI=1S/C12H13ClFNO3/c1-12(2,11(17)18)6-15-10(16)7-4-3-5-8(13)9(7)14/h3-5H,6H2,1-2H3,(H,15,16)(H,17,18). The molecule has 0 aliphatic rings. The lowest BCUT2D eigenvalue weighted by Gasteiger charge is -2.19. The van der Waals surface area contributed by atoms with E-state index in [4.69, 9.17) is 16.7 Å². The molecule has 18 heavy (non-hydrogen) atoms. The SMILES string of the molecule is CC(C)(CNC(=O)c1cccc(Cl)c1F)C(=O)O. The van der Waals surface area contributed by atoms with Gasteiger partial charge in [-0.25, -0.2) is 4.39 Å². The zero-order valence-corrected chi connectivity index (χ0v) is 10.7. The number of carbonyl (C=O) groups excluding carboxylic acids is 1. The average Bonchev–Trinajstić information content (AvgIpc) is 2.29. The van der Waals surface area contributed by atoms with Gasteiger partial charge in [-0.2, -0.15) is 0 Å². The Labute approximate surface area is 109 Å². The lowest BCUT2D eigenvalue weighted by molar-refractivity contribution is -0.146. The molecule has 1 aromatic rings. The molecule has 0 aliphatic heterocycles. The van der Waals surface area contributed by atoms with Crippen LogP contribution < -0.4 is 5.32 Å². The molecule has 0 unspecified atom stereocenters. The summed E-state index contributed by atoms with van der Waals surface area (Å²) in [4.78, 5) is 22.5. The number of benzene rings is 1. The number of carboxylic acid groups (broad SMARTS) is 1. The van der Waals surface area contributed by atoms with E-state index in [2.05, 4.69) is 5.32 Å². The second-order valence-corrected chi connectivity index (χ2v) is 4.88. The van der Waals surface area contributed by atoms with Crippen LogP contribution in [-0.4, -0.2) is 23.5 Å². The Morgan fingerprint density at radius 2 is 2.06 bits per heavy atom. The first-order valence-corrected chi connectivity index (χ1v) is 5.59. The fraction of sp³-hybridized carbons (Fsp3) is 0.333. The minimum absolute atomic E-state index is 0.104. The number of hydrogen-bond acceptors (Lipinski definition) is 2. The topological polar surface area (TPSA) is 66.4 Å². The summed E-state index contributed by atoms with van der Waals surface area (Å²) in [6.45, 7) is 2.82. The summed E-state index contributed by atoms with van der Waals surface area (Å²) in [6.07, 6.45) is 0. The Morgan fingerprint density at radius 3 is 2.61 bits per heavy atom. The largest absolute Gasteiger partial charge is 0.481 e. The second kappa shape index (κ2) is 5.35. The summed E-state index contributed by atoms with van der Waals surface area (Å²) in [5, 5.41) is 11.1. The predicted molar refractivity (Wildman–Crippen MR) is 65.2 cm³/mol. The first-order chi connectivity index (χ1) is 8.25. The van der Waals surface area contributed by atoms with Crippen molar-refractivity contribution in [2.75, 3.05) is 6.54 Å². The molecule has 0 spiro atoms. The number of halogens is 2. The number of aliphatic carboxylic acids is 1. The van der Waals surface area contributed by atoms with Crippen LogP contribution >= 0.6 is 11.6 Å². The van der Waals surface area contributed by atoms with Crippen molar-refractivity contribution in [1.29, 1.82) is 0 Å². The van der Waals surface area contributed by atoms with E-state index in [0.29, 0.717) is 0 Å². The van der Waals surface area contributed by atoms with Crippen LogP contribution in [0.4, 0.5) is 4.39 Å². The number of nitrogens with one attached hydrogen (secondary N) is 1. The number of carboxylic acids is 1. The van der Waals surface area contributed by atoms with E-state index in [1.807, 2.05) is 0 Å². The van der Waals surface area contributed by atoms with Gasteiger partial charge in [-0.15, -0.1) is 0 Å². The number of rotatable bonds is 4. The van der Waals surface area contributed by atoms with Gasteiger partial charge in [0.2, 0.25) is 0 Å². The molecule has 0 heterocycles. The molecule has 4 nitrogen and oxygen atoms in total. The molecule has 0 saturated carbocycles. The van der Waals surface area contributed by atoms with Crippen molar-refractivity contribution in [3.8, 4) is 0 Å². The summed E-state index contributed by atoms with van der Waals surface area (Å²) in [5.74, 6) is -2.55. The van der Waals surface area contributed by atoms with E-state index in [1.54, 1.807) is 0 Å². The zero-order chi connectivity index (χ0) is 13.9. The summed E-state index contributed by atoms with van der Waals surface area (Å²) in [6, 6.07) is 4.06. The minimum Gasteiger partial charge on any atom is -0.481 e. The molecule has 0 saturated heterocycles. The molecule has 1 amide bonds. The van der Waals surface area contributed by atoms with Gasteiger partial charge in [0.15, 0.2) is 5.82 Å². The van der Waals surface area contributed by atoms with E-state index >= 15 is 0 Å². The van der Waals surface area contributed by atoms with Gasteiger partial charge in [-0.05, 0) is 26.0 Å². The number of amides is 1. The van der Waals surface area contributed by atoms with Crippen LogP contribution in [-0.2, 0) is 4.79 Å². The van der Waals surface area contributed by atoms with Crippen LogP contribution in [0.3, 0.4) is 0 Å². The van der Waals surface area contributed by atoms with Gasteiger partial charge in [-0.1, -0.05) is 17.7 Å². The van der Waals surface area contributed by atoms with Crippen molar-refractivity contribution >= 4 is 23.5 Å².